The zero-order valence-corrected chi connectivity index (χ0v) is 16.1. The van der Waals surface area contributed by atoms with E-state index in [1.807, 2.05) is 50.2 Å². The van der Waals surface area contributed by atoms with E-state index in [0.29, 0.717) is 35.7 Å². The van der Waals surface area contributed by atoms with Crippen molar-refractivity contribution in [1.29, 1.82) is 0 Å². The minimum absolute atomic E-state index is 0.00760. The quantitative estimate of drug-likeness (QED) is 0.522. The molecule has 0 unspecified atom stereocenters. The summed E-state index contributed by atoms with van der Waals surface area (Å²) in [6.07, 6.45) is 0.419. The molecule has 0 bridgehead atoms. The van der Waals surface area contributed by atoms with E-state index in [2.05, 4.69) is 9.98 Å². The molecule has 0 aliphatic heterocycles. The van der Waals surface area contributed by atoms with Gasteiger partial charge in [-0.1, -0.05) is 23.7 Å². The average Bonchev–Trinajstić information content (AvgIpc) is 2.62. The van der Waals surface area contributed by atoms with Gasteiger partial charge in [-0.2, -0.15) is 0 Å². The number of hydrogen-bond donors (Lipinski definition) is 2. The van der Waals surface area contributed by atoms with Gasteiger partial charge in [0.15, 0.2) is 5.96 Å². The second kappa shape index (κ2) is 7.80. The van der Waals surface area contributed by atoms with Crippen molar-refractivity contribution in [2.45, 2.75) is 26.8 Å². The van der Waals surface area contributed by atoms with Crippen LogP contribution in [0.1, 0.15) is 18.2 Å². The van der Waals surface area contributed by atoms with Gasteiger partial charge in [-0.15, -0.1) is 0 Å². The minimum Gasteiger partial charge on any atom is -0.370 e. The first-order valence-electron chi connectivity index (χ1n) is 8.76. The molecule has 0 atom stereocenters. The predicted octanol–water partition coefficient (Wildman–Crippen LogP) is 2.86. The SMILES string of the molecule is CCn1c(=O)c(CCN=C(N)N)c(-c2cccc(Cl)c2)c2ccc(C)nc21. The van der Waals surface area contributed by atoms with Crippen molar-refractivity contribution >= 4 is 28.6 Å². The maximum atomic E-state index is 13.3. The molecule has 0 saturated heterocycles. The number of aliphatic imine (C=N–C) groups is 1. The third kappa shape index (κ3) is 3.80. The summed E-state index contributed by atoms with van der Waals surface area (Å²) in [6, 6.07) is 11.4. The zero-order chi connectivity index (χ0) is 19.6. The predicted molar refractivity (Wildman–Crippen MR) is 111 cm³/mol. The van der Waals surface area contributed by atoms with Crippen LogP contribution in [0.5, 0.6) is 0 Å². The fraction of sp³-hybridized carbons (Fsp3) is 0.250. The molecular formula is C20H22ClN5O. The Hall–Kier alpha value is -2.86. The van der Waals surface area contributed by atoms with Gasteiger partial charge in [0.05, 0.1) is 0 Å². The molecule has 6 nitrogen and oxygen atoms in total. The van der Waals surface area contributed by atoms with Gasteiger partial charge in [0.2, 0.25) is 0 Å². The monoisotopic (exact) mass is 383 g/mol. The molecule has 0 amide bonds. The minimum atomic E-state index is -0.0798. The molecule has 7 heteroatoms. The summed E-state index contributed by atoms with van der Waals surface area (Å²) >= 11 is 6.21. The van der Waals surface area contributed by atoms with Crippen LogP contribution >= 0.6 is 11.6 Å². The molecular weight excluding hydrogens is 362 g/mol. The number of benzene rings is 1. The van der Waals surface area contributed by atoms with Gasteiger partial charge in [-0.05, 0) is 50.1 Å². The van der Waals surface area contributed by atoms with Crippen LogP contribution in [-0.2, 0) is 13.0 Å². The lowest BCUT2D eigenvalue weighted by molar-refractivity contribution is 0.734. The third-order valence-corrected chi connectivity index (χ3v) is 4.67. The zero-order valence-electron chi connectivity index (χ0n) is 15.4. The fourth-order valence-electron chi connectivity index (χ4n) is 3.27. The first kappa shape index (κ1) is 18.9. The summed E-state index contributed by atoms with van der Waals surface area (Å²) in [7, 11) is 0. The Balaban J connectivity index is 2.37. The van der Waals surface area contributed by atoms with Gasteiger partial charge in [-0.25, -0.2) is 4.98 Å². The van der Waals surface area contributed by atoms with Crippen LogP contribution in [0.25, 0.3) is 22.2 Å². The Morgan fingerprint density at radius 3 is 2.70 bits per heavy atom. The van der Waals surface area contributed by atoms with E-state index < -0.39 is 0 Å². The van der Waals surface area contributed by atoms with Crippen molar-refractivity contribution < 1.29 is 0 Å². The second-order valence-corrected chi connectivity index (χ2v) is 6.73. The number of halogens is 1. The molecule has 0 aliphatic carbocycles. The maximum absolute atomic E-state index is 13.3. The standard InChI is InChI=1S/C20H22ClN5O/c1-3-26-18-15(8-7-12(2)25-18)17(13-5-4-6-14(21)11-13)16(19(26)27)9-10-24-20(22)23/h4-8,11H,3,9-10H2,1-2H3,(H4,22,23,24). The highest BCUT2D eigenvalue weighted by molar-refractivity contribution is 6.30. The van der Waals surface area contributed by atoms with E-state index in [1.165, 1.54) is 0 Å². The van der Waals surface area contributed by atoms with Crippen LogP contribution < -0.4 is 17.0 Å². The molecule has 3 aromatic rings. The van der Waals surface area contributed by atoms with Crippen molar-refractivity contribution in [1.82, 2.24) is 9.55 Å². The number of fused-ring (bicyclic) bond motifs is 1. The Labute approximate surface area is 162 Å². The van der Waals surface area contributed by atoms with Crippen molar-refractivity contribution in [3.63, 3.8) is 0 Å². The highest BCUT2D eigenvalue weighted by atomic mass is 35.5. The van der Waals surface area contributed by atoms with E-state index in [-0.39, 0.29) is 11.5 Å². The van der Waals surface area contributed by atoms with E-state index in [9.17, 15) is 4.79 Å². The number of pyridine rings is 2. The lowest BCUT2D eigenvalue weighted by Gasteiger charge is -2.17. The second-order valence-electron chi connectivity index (χ2n) is 6.29. The van der Waals surface area contributed by atoms with Crippen molar-refractivity contribution in [3.8, 4) is 11.1 Å². The van der Waals surface area contributed by atoms with Crippen LogP contribution in [0.3, 0.4) is 0 Å². The molecule has 0 radical (unpaired) electrons. The molecule has 0 fully saturated rings. The van der Waals surface area contributed by atoms with Crippen LogP contribution in [-0.4, -0.2) is 22.1 Å². The highest BCUT2D eigenvalue weighted by Crippen LogP contribution is 2.32. The molecule has 2 heterocycles. The highest BCUT2D eigenvalue weighted by Gasteiger charge is 2.18. The summed E-state index contributed by atoms with van der Waals surface area (Å²) in [5.74, 6) is 0.00760. The number of nitrogens with two attached hydrogens (primary N) is 2. The first-order valence-corrected chi connectivity index (χ1v) is 9.14. The molecule has 0 aliphatic rings. The molecule has 2 aromatic heterocycles. The molecule has 27 heavy (non-hydrogen) atoms. The first-order chi connectivity index (χ1) is 12.9. The molecule has 1 aromatic carbocycles. The van der Waals surface area contributed by atoms with E-state index in [4.69, 9.17) is 23.1 Å². The fourth-order valence-corrected chi connectivity index (χ4v) is 3.46. The van der Waals surface area contributed by atoms with Gasteiger partial charge in [0, 0.05) is 40.3 Å². The van der Waals surface area contributed by atoms with Crippen LogP contribution in [0.15, 0.2) is 46.2 Å². The molecule has 3 rings (SSSR count). The third-order valence-electron chi connectivity index (χ3n) is 4.43. The lowest BCUT2D eigenvalue weighted by atomic mass is 9.95. The number of nitrogens with zero attached hydrogens (tertiary/aromatic N) is 3. The molecule has 140 valence electrons. The van der Waals surface area contributed by atoms with Crippen LogP contribution in [0, 0.1) is 6.92 Å². The van der Waals surface area contributed by atoms with Crippen molar-refractivity contribution in [3.05, 3.63) is 63.0 Å². The Kier molecular flexibility index (Phi) is 5.46. The summed E-state index contributed by atoms with van der Waals surface area (Å²) in [5.41, 5.74) is 14.7. The Morgan fingerprint density at radius 1 is 1.26 bits per heavy atom. The number of guanidine groups is 1. The number of aromatic nitrogens is 2. The van der Waals surface area contributed by atoms with Crippen LogP contribution in [0.2, 0.25) is 5.02 Å². The van der Waals surface area contributed by atoms with Gasteiger partial charge in [-0.3, -0.25) is 14.4 Å². The van der Waals surface area contributed by atoms with Gasteiger partial charge >= 0.3 is 0 Å². The summed E-state index contributed by atoms with van der Waals surface area (Å²) in [4.78, 5) is 21.9. The van der Waals surface area contributed by atoms with Gasteiger partial charge < -0.3 is 11.5 Å². The smallest absolute Gasteiger partial charge is 0.256 e. The van der Waals surface area contributed by atoms with Gasteiger partial charge in [0.25, 0.3) is 5.56 Å². The Bertz CT molecular complexity index is 1080. The summed E-state index contributed by atoms with van der Waals surface area (Å²) in [6.45, 7) is 4.70. The van der Waals surface area contributed by atoms with Crippen LogP contribution in [0.4, 0.5) is 0 Å². The largest absolute Gasteiger partial charge is 0.370 e. The molecule has 4 N–H and O–H groups in total. The average molecular weight is 384 g/mol. The molecule has 0 spiro atoms. The van der Waals surface area contributed by atoms with Gasteiger partial charge in [0.1, 0.15) is 5.65 Å². The normalized spacial score (nSPS) is 10.9. The number of rotatable bonds is 5. The Morgan fingerprint density at radius 2 is 2.04 bits per heavy atom. The van der Waals surface area contributed by atoms with E-state index in [1.54, 1.807) is 4.57 Å². The topological polar surface area (TPSA) is 99.3 Å². The molecule has 0 saturated carbocycles. The lowest BCUT2D eigenvalue weighted by Crippen LogP contribution is -2.27. The van der Waals surface area contributed by atoms with Crippen molar-refractivity contribution in [2.24, 2.45) is 16.5 Å². The maximum Gasteiger partial charge on any atom is 0.256 e. The summed E-state index contributed by atoms with van der Waals surface area (Å²) in [5, 5.41) is 1.51. The summed E-state index contributed by atoms with van der Waals surface area (Å²) < 4.78 is 1.70. The van der Waals surface area contributed by atoms with E-state index >= 15 is 0 Å². The van der Waals surface area contributed by atoms with E-state index in [0.717, 1.165) is 22.2 Å². The number of aryl methyl sites for hydroxylation is 2. The van der Waals surface area contributed by atoms with Crippen molar-refractivity contribution in [2.75, 3.05) is 6.54 Å². The number of hydrogen-bond acceptors (Lipinski definition) is 3.